The first-order valence-electron chi connectivity index (χ1n) is 7.25. The Bertz CT molecular complexity index is 696. The minimum Gasteiger partial charge on any atom is -0.444 e. The first-order chi connectivity index (χ1) is 11.1. The van der Waals surface area contributed by atoms with E-state index < -0.39 is 0 Å². The number of rotatable bonds is 3. The molecule has 3 rings (SSSR count). The minimum absolute atomic E-state index is 0.0249. The number of hydrogen-bond acceptors (Lipinski definition) is 5. The van der Waals surface area contributed by atoms with E-state index in [2.05, 4.69) is 31.2 Å². The molecule has 1 fully saturated rings. The Hall–Kier alpha value is -2.22. The number of hydrogen-bond donors (Lipinski definition) is 1. The van der Waals surface area contributed by atoms with E-state index in [-0.39, 0.29) is 17.9 Å². The van der Waals surface area contributed by atoms with E-state index in [0.717, 1.165) is 0 Å². The molecule has 0 radical (unpaired) electrons. The van der Waals surface area contributed by atoms with Crippen LogP contribution >= 0.6 is 15.9 Å². The van der Waals surface area contributed by atoms with Gasteiger partial charge in [-0.15, -0.1) is 0 Å². The summed E-state index contributed by atoms with van der Waals surface area (Å²) in [5.74, 6) is -0.0498. The van der Waals surface area contributed by atoms with Crippen LogP contribution in [0.5, 0.6) is 0 Å². The molecule has 0 spiro atoms. The molecule has 8 heteroatoms. The molecule has 0 aliphatic carbocycles. The Labute approximate surface area is 141 Å². The van der Waals surface area contributed by atoms with E-state index in [1.807, 2.05) is 0 Å². The van der Waals surface area contributed by atoms with Crippen LogP contribution in [0.3, 0.4) is 0 Å². The van der Waals surface area contributed by atoms with Gasteiger partial charge in [-0.1, -0.05) is 0 Å². The third kappa shape index (κ3) is 3.76. The number of amides is 2. The van der Waals surface area contributed by atoms with Gasteiger partial charge >= 0.3 is 0 Å². The SMILES string of the molecule is O=C(NC1CCN(C(=O)c2ccc(Br)o2)CC1)c1cnccn1. The molecule has 23 heavy (non-hydrogen) atoms. The topological polar surface area (TPSA) is 88.3 Å². The van der Waals surface area contributed by atoms with Crippen molar-refractivity contribution in [3.8, 4) is 0 Å². The highest BCUT2D eigenvalue weighted by Crippen LogP contribution is 2.18. The highest BCUT2D eigenvalue weighted by Gasteiger charge is 2.26. The van der Waals surface area contributed by atoms with Crippen LogP contribution in [0, 0.1) is 0 Å². The molecule has 2 aromatic rings. The lowest BCUT2D eigenvalue weighted by Crippen LogP contribution is -2.46. The van der Waals surface area contributed by atoms with Crippen molar-refractivity contribution in [2.24, 2.45) is 0 Å². The molecule has 0 aromatic carbocycles. The second kappa shape index (κ2) is 6.91. The summed E-state index contributed by atoms with van der Waals surface area (Å²) < 4.78 is 5.82. The quantitative estimate of drug-likeness (QED) is 0.880. The standard InChI is InChI=1S/C15H15BrN4O3/c16-13-2-1-12(23-13)15(22)20-7-3-10(4-8-20)19-14(21)11-9-17-5-6-18-11/h1-2,5-6,9-10H,3-4,7-8H2,(H,19,21). The summed E-state index contributed by atoms with van der Waals surface area (Å²) in [7, 11) is 0. The van der Waals surface area contributed by atoms with E-state index in [4.69, 9.17) is 4.42 Å². The van der Waals surface area contributed by atoms with Gasteiger partial charge in [-0.25, -0.2) is 4.98 Å². The van der Waals surface area contributed by atoms with Crippen molar-refractivity contribution in [1.29, 1.82) is 0 Å². The van der Waals surface area contributed by atoms with Crippen LogP contribution in [0.15, 0.2) is 39.8 Å². The van der Waals surface area contributed by atoms with Gasteiger partial charge in [-0.2, -0.15) is 0 Å². The van der Waals surface area contributed by atoms with E-state index in [0.29, 0.717) is 42.1 Å². The molecule has 2 aromatic heterocycles. The van der Waals surface area contributed by atoms with Crippen LogP contribution in [-0.2, 0) is 0 Å². The molecular formula is C15H15BrN4O3. The average molecular weight is 379 g/mol. The van der Waals surface area contributed by atoms with E-state index >= 15 is 0 Å². The molecule has 0 bridgehead atoms. The van der Waals surface area contributed by atoms with E-state index in [1.165, 1.54) is 18.6 Å². The molecule has 7 nitrogen and oxygen atoms in total. The summed E-state index contributed by atoms with van der Waals surface area (Å²) in [5.41, 5.74) is 0.298. The second-order valence-electron chi connectivity index (χ2n) is 5.23. The smallest absolute Gasteiger partial charge is 0.289 e. The van der Waals surface area contributed by atoms with E-state index in [1.54, 1.807) is 17.0 Å². The number of carbonyl (C=O) groups is 2. The van der Waals surface area contributed by atoms with Crippen LogP contribution in [0.4, 0.5) is 0 Å². The average Bonchev–Trinajstić information content (AvgIpc) is 3.02. The molecule has 1 aliphatic heterocycles. The largest absolute Gasteiger partial charge is 0.444 e. The zero-order valence-electron chi connectivity index (χ0n) is 12.2. The molecule has 1 N–H and O–H groups in total. The Balaban J connectivity index is 1.52. The minimum atomic E-state index is -0.238. The highest BCUT2D eigenvalue weighted by molar-refractivity contribution is 9.10. The molecule has 2 amide bonds. The monoisotopic (exact) mass is 378 g/mol. The van der Waals surface area contributed by atoms with Crippen molar-refractivity contribution in [3.63, 3.8) is 0 Å². The normalized spacial score (nSPS) is 15.4. The number of piperidine rings is 1. The summed E-state index contributed by atoms with van der Waals surface area (Å²) in [6.07, 6.45) is 5.83. The molecule has 120 valence electrons. The summed E-state index contributed by atoms with van der Waals surface area (Å²) in [4.78, 5) is 33.9. The Kier molecular flexibility index (Phi) is 4.71. The van der Waals surface area contributed by atoms with Gasteiger partial charge in [0, 0.05) is 31.5 Å². The van der Waals surface area contributed by atoms with Crippen LogP contribution < -0.4 is 5.32 Å². The van der Waals surface area contributed by atoms with Gasteiger partial charge in [0.25, 0.3) is 11.8 Å². The lowest BCUT2D eigenvalue weighted by atomic mass is 10.0. The van der Waals surface area contributed by atoms with Gasteiger partial charge in [0.2, 0.25) is 0 Å². The van der Waals surface area contributed by atoms with Gasteiger partial charge in [0.05, 0.1) is 6.20 Å². The number of halogens is 1. The van der Waals surface area contributed by atoms with Gasteiger partial charge in [0.1, 0.15) is 5.69 Å². The fraction of sp³-hybridized carbons (Fsp3) is 0.333. The molecular weight excluding hydrogens is 364 g/mol. The Morgan fingerprint density at radius 3 is 2.65 bits per heavy atom. The maximum Gasteiger partial charge on any atom is 0.289 e. The van der Waals surface area contributed by atoms with Crippen molar-refractivity contribution >= 4 is 27.7 Å². The number of nitrogens with one attached hydrogen (secondary N) is 1. The predicted octanol–water partition coefficient (Wildman–Crippen LogP) is 1.87. The summed E-state index contributed by atoms with van der Waals surface area (Å²) >= 11 is 3.19. The summed E-state index contributed by atoms with van der Waals surface area (Å²) in [6, 6.07) is 3.37. The zero-order valence-corrected chi connectivity index (χ0v) is 13.8. The Morgan fingerprint density at radius 1 is 1.26 bits per heavy atom. The van der Waals surface area contributed by atoms with Crippen LogP contribution in [0.1, 0.15) is 33.9 Å². The number of nitrogens with zero attached hydrogens (tertiary/aromatic N) is 3. The van der Waals surface area contributed by atoms with Crippen LogP contribution in [0.25, 0.3) is 0 Å². The number of aromatic nitrogens is 2. The maximum absolute atomic E-state index is 12.3. The molecule has 0 atom stereocenters. The number of carbonyl (C=O) groups excluding carboxylic acids is 2. The van der Waals surface area contributed by atoms with E-state index in [9.17, 15) is 9.59 Å². The van der Waals surface area contributed by atoms with Gasteiger partial charge in [-0.3, -0.25) is 14.6 Å². The first kappa shape index (κ1) is 15.7. The number of furan rings is 1. The van der Waals surface area contributed by atoms with Crippen molar-refractivity contribution < 1.29 is 14.0 Å². The van der Waals surface area contributed by atoms with Crippen molar-refractivity contribution in [2.45, 2.75) is 18.9 Å². The summed E-state index contributed by atoms with van der Waals surface area (Å²) in [6.45, 7) is 1.14. The molecule has 0 unspecified atom stereocenters. The van der Waals surface area contributed by atoms with Gasteiger partial charge in [-0.05, 0) is 40.9 Å². The van der Waals surface area contributed by atoms with Gasteiger partial charge < -0.3 is 14.6 Å². The van der Waals surface area contributed by atoms with Crippen LogP contribution in [0.2, 0.25) is 0 Å². The predicted molar refractivity (Wildman–Crippen MR) is 84.8 cm³/mol. The zero-order chi connectivity index (χ0) is 16.2. The summed E-state index contributed by atoms with van der Waals surface area (Å²) in [5, 5.41) is 2.93. The maximum atomic E-state index is 12.3. The molecule has 0 saturated carbocycles. The molecule has 1 aliphatic rings. The lowest BCUT2D eigenvalue weighted by Gasteiger charge is -2.31. The third-order valence-electron chi connectivity index (χ3n) is 3.70. The lowest BCUT2D eigenvalue weighted by molar-refractivity contribution is 0.0665. The molecule has 1 saturated heterocycles. The fourth-order valence-electron chi connectivity index (χ4n) is 2.49. The van der Waals surface area contributed by atoms with Crippen molar-refractivity contribution in [2.75, 3.05) is 13.1 Å². The van der Waals surface area contributed by atoms with Crippen molar-refractivity contribution in [3.05, 3.63) is 46.8 Å². The van der Waals surface area contributed by atoms with Crippen molar-refractivity contribution in [1.82, 2.24) is 20.2 Å². The second-order valence-corrected chi connectivity index (χ2v) is 6.02. The molecule has 3 heterocycles. The Morgan fingerprint density at radius 2 is 2.04 bits per heavy atom. The van der Waals surface area contributed by atoms with Gasteiger partial charge in [0.15, 0.2) is 10.4 Å². The first-order valence-corrected chi connectivity index (χ1v) is 8.04. The number of likely N-dealkylation sites (tertiary alicyclic amines) is 1. The third-order valence-corrected chi connectivity index (χ3v) is 4.12. The van der Waals surface area contributed by atoms with Crippen LogP contribution in [-0.4, -0.2) is 45.8 Å². The fourth-order valence-corrected chi connectivity index (χ4v) is 2.79. The highest BCUT2D eigenvalue weighted by atomic mass is 79.9.